The third kappa shape index (κ3) is 8.48. The molecule has 1 atom stereocenters. The van der Waals surface area contributed by atoms with Gasteiger partial charge in [-0.2, -0.15) is 10.2 Å². The molecule has 9 nitrogen and oxygen atoms in total. The second-order valence-electron chi connectivity index (χ2n) is 16.3. The Morgan fingerprint density at radius 3 is 1.68 bits per heavy atom. The van der Waals surface area contributed by atoms with Gasteiger partial charge in [0, 0.05) is 39.8 Å². The molecule has 1 heterocycles. The molecule has 0 aliphatic carbocycles. The first-order chi connectivity index (χ1) is 29.1. The molecule has 0 aromatic heterocycles. The Kier molecular flexibility index (Phi) is 11.4. The molecular formula is C51H49N7O2. The van der Waals surface area contributed by atoms with Crippen molar-refractivity contribution in [2.24, 2.45) is 30.7 Å². The fourth-order valence-electron chi connectivity index (χ4n) is 7.96. The largest absolute Gasteiger partial charge is 0.423 e. The van der Waals surface area contributed by atoms with Crippen LogP contribution in [0.15, 0.2) is 164 Å². The first-order valence-electron chi connectivity index (χ1n) is 20.7. The molecule has 1 aliphatic rings. The van der Waals surface area contributed by atoms with Crippen molar-refractivity contribution in [3.8, 4) is 5.75 Å². The topological polar surface area (TPSA) is 104 Å². The van der Waals surface area contributed by atoms with Crippen molar-refractivity contribution in [1.82, 2.24) is 0 Å². The standard InChI is InChI=1S/C51H49N7O2/c1-7-8-13-35-18-24-38(25-19-35)60-50(59)36-20-22-37(23-21-36)52-53-44-26-27-45(40-15-10-9-14-39(40)44)54-55-46-28-29-47(42-17-12-11-16-41(42)46)56-57-48-31-43-34(3)32-51(4,5)58(6)49(43)30-33(48)2/h9-12,14-31,34H,7-8,13,32H2,1-6H3. The van der Waals surface area contributed by atoms with Gasteiger partial charge in [-0.25, -0.2) is 4.79 Å². The van der Waals surface area contributed by atoms with Crippen molar-refractivity contribution >= 4 is 67.3 Å². The lowest BCUT2D eigenvalue weighted by Crippen LogP contribution is -2.45. The number of esters is 1. The number of carbonyl (C=O) groups is 1. The van der Waals surface area contributed by atoms with Gasteiger partial charge in [0.1, 0.15) is 5.75 Å². The van der Waals surface area contributed by atoms with E-state index in [1.165, 1.54) is 16.8 Å². The first-order valence-corrected chi connectivity index (χ1v) is 20.7. The molecule has 300 valence electrons. The zero-order valence-corrected chi connectivity index (χ0v) is 35.1. The van der Waals surface area contributed by atoms with E-state index in [0.717, 1.165) is 69.9 Å². The molecule has 0 bridgehead atoms. The van der Waals surface area contributed by atoms with Gasteiger partial charge in [-0.1, -0.05) is 80.9 Å². The molecule has 0 fully saturated rings. The summed E-state index contributed by atoms with van der Waals surface area (Å²) in [5.74, 6) is 0.526. The van der Waals surface area contributed by atoms with Crippen molar-refractivity contribution in [2.45, 2.75) is 71.8 Å². The van der Waals surface area contributed by atoms with Crippen LogP contribution in [0, 0.1) is 6.92 Å². The summed E-state index contributed by atoms with van der Waals surface area (Å²) >= 11 is 0. The lowest BCUT2D eigenvalue weighted by molar-refractivity contribution is 0.0734. The Labute approximate surface area is 351 Å². The predicted octanol–water partition coefficient (Wildman–Crippen LogP) is 15.8. The number of carbonyl (C=O) groups excluding carboxylic acids is 1. The summed E-state index contributed by atoms with van der Waals surface area (Å²) in [4.78, 5) is 15.2. The summed E-state index contributed by atoms with van der Waals surface area (Å²) in [6.07, 6.45) is 4.37. The molecule has 60 heavy (non-hydrogen) atoms. The lowest BCUT2D eigenvalue weighted by Gasteiger charge is -2.45. The molecular weight excluding hydrogens is 743 g/mol. The maximum Gasteiger partial charge on any atom is 0.343 e. The maximum absolute atomic E-state index is 12.8. The van der Waals surface area contributed by atoms with Crippen LogP contribution in [0.5, 0.6) is 5.75 Å². The zero-order valence-electron chi connectivity index (χ0n) is 35.1. The van der Waals surface area contributed by atoms with Crippen molar-refractivity contribution < 1.29 is 9.53 Å². The van der Waals surface area contributed by atoms with E-state index >= 15 is 0 Å². The fraction of sp³-hybridized carbons (Fsp3) is 0.235. The first kappa shape index (κ1) is 39.9. The molecule has 8 rings (SSSR count). The molecule has 7 aromatic rings. The van der Waals surface area contributed by atoms with Crippen LogP contribution < -0.4 is 9.64 Å². The third-order valence-corrected chi connectivity index (χ3v) is 11.6. The number of aryl methyl sites for hydroxylation is 2. The number of azo groups is 3. The SMILES string of the molecule is CCCCc1ccc(OC(=O)c2ccc(N=Nc3ccc(N=Nc4ccc(N=Nc5cc6c(cc5C)N(C)C(C)(C)CC6C)c5ccccc45)c4ccccc34)cc2)cc1. The van der Waals surface area contributed by atoms with Crippen LogP contribution in [0.1, 0.15) is 79.9 Å². The number of rotatable bonds is 11. The minimum absolute atomic E-state index is 0.0980. The summed E-state index contributed by atoms with van der Waals surface area (Å²) < 4.78 is 5.60. The summed E-state index contributed by atoms with van der Waals surface area (Å²) in [7, 11) is 2.18. The second kappa shape index (κ2) is 17.2. The summed E-state index contributed by atoms with van der Waals surface area (Å²) in [6, 6.07) is 42.8. The number of unbranched alkanes of at least 4 members (excludes halogenated alkanes) is 1. The van der Waals surface area contributed by atoms with E-state index in [1.54, 1.807) is 24.3 Å². The molecule has 7 aromatic carbocycles. The van der Waals surface area contributed by atoms with E-state index in [0.29, 0.717) is 34.3 Å². The minimum Gasteiger partial charge on any atom is -0.423 e. The number of ether oxygens (including phenoxy) is 1. The van der Waals surface area contributed by atoms with Crippen LogP contribution in [-0.2, 0) is 6.42 Å². The third-order valence-electron chi connectivity index (χ3n) is 11.6. The Bertz CT molecular complexity index is 2790. The zero-order chi connectivity index (χ0) is 41.8. The Morgan fingerprint density at radius 2 is 1.17 bits per heavy atom. The normalized spacial score (nSPS) is 15.1. The second-order valence-corrected chi connectivity index (χ2v) is 16.3. The van der Waals surface area contributed by atoms with Gasteiger partial charge >= 0.3 is 5.97 Å². The highest BCUT2D eigenvalue weighted by molar-refractivity contribution is 6.01. The number of anilines is 1. The monoisotopic (exact) mass is 791 g/mol. The van der Waals surface area contributed by atoms with E-state index in [2.05, 4.69) is 68.9 Å². The van der Waals surface area contributed by atoms with Gasteiger partial charge < -0.3 is 9.64 Å². The fourth-order valence-corrected chi connectivity index (χ4v) is 7.96. The number of hydrogen-bond acceptors (Lipinski definition) is 9. The number of fused-ring (bicyclic) bond motifs is 3. The lowest BCUT2D eigenvalue weighted by atomic mass is 9.80. The van der Waals surface area contributed by atoms with E-state index in [-0.39, 0.29) is 5.54 Å². The van der Waals surface area contributed by atoms with E-state index < -0.39 is 5.97 Å². The van der Waals surface area contributed by atoms with Crippen molar-refractivity contribution in [1.29, 1.82) is 0 Å². The number of hydrogen-bond donors (Lipinski definition) is 0. The predicted molar refractivity (Wildman–Crippen MR) is 244 cm³/mol. The molecule has 1 unspecified atom stereocenters. The molecule has 0 spiro atoms. The molecule has 0 amide bonds. The Morgan fingerprint density at radius 1 is 0.667 bits per heavy atom. The van der Waals surface area contributed by atoms with Gasteiger partial charge in [0.05, 0.1) is 39.7 Å². The van der Waals surface area contributed by atoms with Crippen LogP contribution in [0.2, 0.25) is 0 Å². The summed E-state index contributed by atoms with van der Waals surface area (Å²) in [5, 5.41) is 31.8. The van der Waals surface area contributed by atoms with E-state index in [1.807, 2.05) is 97.1 Å². The highest BCUT2D eigenvalue weighted by Gasteiger charge is 2.34. The van der Waals surface area contributed by atoms with Crippen molar-refractivity contribution in [3.05, 3.63) is 156 Å². The Balaban J connectivity index is 0.987. The molecule has 0 saturated heterocycles. The van der Waals surface area contributed by atoms with E-state index in [9.17, 15) is 4.79 Å². The van der Waals surface area contributed by atoms with Gasteiger partial charge in [-0.3, -0.25) is 0 Å². The van der Waals surface area contributed by atoms with Gasteiger partial charge in [0.25, 0.3) is 0 Å². The summed E-state index contributed by atoms with van der Waals surface area (Å²) in [5.41, 5.74) is 9.83. The van der Waals surface area contributed by atoms with Crippen molar-refractivity contribution in [2.75, 3.05) is 11.9 Å². The van der Waals surface area contributed by atoms with E-state index in [4.69, 9.17) is 25.2 Å². The van der Waals surface area contributed by atoms with Gasteiger partial charge in [0.2, 0.25) is 0 Å². The van der Waals surface area contributed by atoms with Gasteiger partial charge in [-0.05, 0) is 135 Å². The number of benzene rings is 7. The molecule has 0 N–H and O–H groups in total. The minimum atomic E-state index is -0.423. The highest BCUT2D eigenvalue weighted by atomic mass is 16.5. The quantitative estimate of drug-likeness (QED) is 0.0740. The smallest absolute Gasteiger partial charge is 0.343 e. The van der Waals surface area contributed by atoms with Crippen LogP contribution in [0.25, 0.3) is 21.5 Å². The highest BCUT2D eigenvalue weighted by Crippen LogP contribution is 2.45. The molecule has 9 heteroatoms. The molecule has 0 saturated carbocycles. The van der Waals surface area contributed by atoms with Gasteiger partial charge in [-0.15, -0.1) is 20.5 Å². The number of nitrogens with zero attached hydrogens (tertiary/aromatic N) is 7. The van der Waals surface area contributed by atoms with Crippen LogP contribution in [-0.4, -0.2) is 18.6 Å². The summed E-state index contributed by atoms with van der Waals surface area (Å²) in [6.45, 7) is 11.2. The Hall–Kier alpha value is -6.87. The van der Waals surface area contributed by atoms with Crippen LogP contribution >= 0.6 is 0 Å². The van der Waals surface area contributed by atoms with Crippen molar-refractivity contribution in [3.63, 3.8) is 0 Å². The van der Waals surface area contributed by atoms with Crippen LogP contribution in [0.3, 0.4) is 0 Å². The van der Waals surface area contributed by atoms with Crippen LogP contribution in [0.4, 0.5) is 39.8 Å². The maximum atomic E-state index is 12.8. The average molecular weight is 792 g/mol. The van der Waals surface area contributed by atoms with Gasteiger partial charge in [0.15, 0.2) is 0 Å². The average Bonchev–Trinajstić information content (AvgIpc) is 3.26. The molecule has 0 radical (unpaired) electrons. The molecule has 1 aliphatic heterocycles.